The number of likely N-dealkylation sites (tertiary alicyclic amines) is 1. The molecule has 1 aliphatic carbocycles. The van der Waals surface area contributed by atoms with Gasteiger partial charge in [0.1, 0.15) is 0 Å². The molecule has 2 aliphatic heterocycles. The largest absolute Gasteiger partial charge is 0.381 e. The molecule has 1 aromatic rings. The molecule has 0 amide bonds. The van der Waals surface area contributed by atoms with Crippen molar-refractivity contribution in [3.05, 3.63) is 34.9 Å². The Labute approximate surface area is 209 Å². The number of piperidine rings is 1. The van der Waals surface area contributed by atoms with Crippen molar-refractivity contribution in [1.82, 2.24) is 15.5 Å². The van der Waals surface area contributed by atoms with Crippen LogP contribution >= 0.6 is 35.6 Å². The minimum absolute atomic E-state index is 0. The predicted octanol–water partition coefficient (Wildman–Crippen LogP) is 4.58. The van der Waals surface area contributed by atoms with Crippen molar-refractivity contribution < 1.29 is 4.74 Å². The first-order chi connectivity index (χ1) is 14.7. The van der Waals surface area contributed by atoms with Crippen molar-refractivity contribution in [2.75, 3.05) is 39.9 Å². The van der Waals surface area contributed by atoms with Crippen LogP contribution in [0.15, 0.2) is 29.3 Å². The zero-order valence-electron chi connectivity index (χ0n) is 18.7. The summed E-state index contributed by atoms with van der Waals surface area (Å²) in [5.74, 6) is 0.909. The number of benzene rings is 1. The van der Waals surface area contributed by atoms with Crippen LogP contribution < -0.4 is 10.6 Å². The lowest BCUT2D eigenvalue weighted by molar-refractivity contribution is 0.0513. The lowest BCUT2D eigenvalue weighted by Crippen LogP contribution is -2.53. The van der Waals surface area contributed by atoms with Crippen molar-refractivity contribution in [1.29, 1.82) is 0 Å². The number of hydrogen-bond donors (Lipinski definition) is 2. The molecule has 0 bridgehead atoms. The van der Waals surface area contributed by atoms with E-state index >= 15 is 0 Å². The van der Waals surface area contributed by atoms with Gasteiger partial charge in [-0.15, -0.1) is 24.0 Å². The second-order valence-electron chi connectivity index (χ2n) is 9.19. The molecule has 0 unspecified atom stereocenters. The Kier molecular flexibility index (Phi) is 9.74. The first-order valence-corrected chi connectivity index (χ1v) is 12.1. The monoisotopic (exact) mass is 560 g/mol. The second kappa shape index (κ2) is 12.1. The Bertz CT molecular complexity index is 711. The summed E-state index contributed by atoms with van der Waals surface area (Å²) in [7, 11) is 1.87. The number of nitrogens with one attached hydrogen (secondary N) is 2. The number of aliphatic imine (C=N–C) groups is 1. The second-order valence-corrected chi connectivity index (χ2v) is 9.60. The molecule has 7 heteroatoms. The zero-order valence-corrected chi connectivity index (χ0v) is 21.8. The third-order valence-corrected chi connectivity index (χ3v) is 7.75. The van der Waals surface area contributed by atoms with E-state index in [2.05, 4.69) is 32.7 Å². The van der Waals surface area contributed by atoms with Crippen LogP contribution in [-0.4, -0.2) is 62.8 Å². The first kappa shape index (κ1) is 25.1. The molecular formula is C24H38ClIN4O. The summed E-state index contributed by atoms with van der Waals surface area (Å²) in [4.78, 5) is 7.24. The highest BCUT2D eigenvalue weighted by atomic mass is 127. The molecule has 4 rings (SSSR count). The van der Waals surface area contributed by atoms with Crippen LogP contribution in [0.3, 0.4) is 0 Å². The Morgan fingerprint density at radius 3 is 2.45 bits per heavy atom. The average molecular weight is 561 g/mol. The quantitative estimate of drug-likeness (QED) is 0.315. The van der Waals surface area contributed by atoms with Gasteiger partial charge in [-0.1, -0.05) is 42.6 Å². The Balaban J connectivity index is 0.00000272. The molecular weight excluding hydrogens is 523 g/mol. The Hall–Kier alpha value is -0.570. The van der Waals surface area contributed by atoms with Gasteiger partial charge in [0.2, 0.25) is 0 Å². The molecule has 5 nitrogen and oxygen atoms in total. The van der Waals surface area contributed by atoms with Crippen LogP contribution in [0.1, 0.15) is 56.9 Å². The molecule has 0 spiro atoms. The van der Waals surface area contributed by atoms with Crippen LogP contribution in [0.25, 0.3) is 0 Å². The van der Waals surface area contributed by atoms with Gasteiger partial charge in [0, 0.05) is 62.4 Å². The number of guanidine groups is 1. The summed E-state index contributed by atoms with van der Waals surface area (Å²) in [5, 5.41) is 8.17. The standard InChI is InChI=1S/C24H37ClN4O.HI/c1-26-23(28-19-10-14-29(15-11-19)20-6-2-3-7-20)27-18-24(12-16-30-17-13-24)21-8-4-5-9-22(21)25;/h4-5,8-9,19-20H,2-3,6-7,10-18H2,1H3,(H2,26,27,28);1H. The van der Waals surface area contributed by atoms with E-state index in [4.69, 9.17) is 16.3 Å². The number of rotatable bonds is 5. The van der Waals surface area contributed by atoms with Gasteiger partial charge in [-0.05, 0) is 50.2 Å². The van der Waals surface area contributed by atoms with Gasteiger partial charge in [-0.25, -0.2) is 0 Å². The fourth-order valence-corrected chi connectivity index (χ4v) is 5.85. The maximum atomic E-state index is 6.60. The van der Waals surface area contributed by atoms with Gasteiger partial charge in [0.05, 0.1) is 0 Å². The van der Waals surface area contributed by atoms with Crippen molar-refractivity contribution >= 4 is 41.5 Å². The third kappa shape index (κ3) is 6.27. The summed E-state index contributed by atoms with van der Waals surface area (Å²) in [6, 6.07) is 9.60. The minimum atomic E-state index is -0.0138. The highest BCUT2D eigenvalue weighted by Gasteiger charge is 2.36. The highest BCUT2D eigenvalue weighted by Crippen LogP contribution is 2.38. The van der Waals surface area contributed by atoms with E-state index in [0.717, 1.165) is 49.6 Å². The van der Waals surface area contributed by atoms with Crippen molar-refractivity contribution in [2.45, 2.75) is 68.9 Å². The molecule has 31 heavy (non-hydrogen) atoms. The molecule has 0 radical (unpaired) electrons. The van der Waals surface area contributed by atoms with Gasteiger partial charge >= 0.3 is 0 Å². The maximum absolute atomic E-state index is 6.60. The SMILES string of the molecule is CN=C(NCC1(c2ccccc2Cl)CCOCC1)NC1CCN(C2CCCC2)CC1.I. The van der Waals surface area contributed by atoms with E-state index in [1.807, 2.05) is 19.2 Å². The fraction of sp³-hybridized carbons (Fsp3) is 0.708. The van der Waals surface area contributed by atoms with Crippen LogP contribution in [0, 0.1) is 0 Å². The fourth-order valence-electron chi connectivity index (χ4n) is 5.51. The van der Waals surface area contributed by atoms with Crippen LogP contribution in [0.5, 0.6) is 0 Å². The summed E-state index contributed by atoms with van der Waals surface area (Å²) >= 11 is 6.60. The number of halogens is 2. The first-order valence-electron chi connectivity index (χ1n) is 11.7. The smallest absolute Gasteiger partial charge is 0.191 e. The van der Waals surface area contributed by atoms with Gasteiger partial charge < -0.3 is 20.3 Å². The molecule has 2 saturated heterocycles. The topological polar surface area (TPSA) is 48.9 Å². The number of ether oxygens (including phenoxy) is 1. The van der Waals surface area contributed by atoms with Gasteiger partial charge in [0.15, 0.2) is 5.96 Å². The Morgan fingerprint density at radius 2 is 1.81 bits per heavy atom. The average Bonchev–Trinajstić information content (AvgIpc) is 3.33. The van der Waals surface area contributed by atoms with E-state index < -0.39 is 0 Å². The summed E-state index contributed by atoms with van der Waals surface area (Å²) in [6.07, 6.45) is 9.96. The summed E-state index contributed by atoms with van der Waals surface area (Å²) in [6.45, 7) is 4.79. The molecule has 174 valence electrons. The van der Waals surface area contributed by atoms with Crippen LogP contribution in [-0.2, 0) is 10.2 Å². The summed E-state index contributed by atoms with van der Waals surface area (Å²) < 4.78 is 5.67. The molecule has 3 aliphatic rings. The number of nitrogens with zero attached hydrogens (tertiary/aromatic N) is 2. The van der Waals surface area contributed by atoms with Crippen LogP contribution in [0.2, 0.25) is 5.02 Å². The molecule has 2 heterocycles. The lowest BCUT2D eigenvalue weighted by atomic mass is 9.74. The third-order valence-electron chi connectivity index (χ3n) is 7.42. The normalized spacial score (nSPS) is 23.4. The Morgan fingerprint density at radius 1 is 1.13 bits per heavy atom. The van der Waals surface area contributed by atoms with E-state index in [-0.39, 0.29) is 29.4 Å². The van der Waals surface area contributed by atoms with E-state index in [0.29, 0.717) is 6.04 Å². The molecule has 0 atom stereocenters. The van der Waals surface area contributed by atoms with Gasteiger partial charge in [0.25, 0.3) is 0 Å². The van der Waals surface area contributed by atoms with Crippen LogP contribution in [0.4, 0.5) is 0 Å². The lowest BCUT2D eigenvalue weighted by Gasteiger charge is -2.39. The van der Waals surface area contributed by atoms with E-state index in [1.54, 1.807) is 0 Å². The van der Waals surface area contributed by atoms with Gasteiger partial charge in [-0.3, -0.25) is 4.99 Å². The molecule has 1 aromatic carbocycles. The predicted molar refractivity (Wildman–Crippen MR) is 140 cm³/mol. The molecule has 1 saturated carbocycles. The van der Waals surface area contributed by atoms with Crippen molar-refractivity contribution in [3.8, 4) is 0 Å². The maximum Gasteiger partial charge on any atom is 0.191 e. The van der Waals surface area contributed by atoms with E-state index in [9.17, 15) is 0 Å². The minimum Gasteiger partial charge on any atom is -0.381 e. The van der Waals surface area contributed by atoms with Gasteiger partial charge in [-0.2, -0.15) is 0 Å². The molecule has 3 fully saturated rings. The van der Waals surface area contributed by atoms with Crippen molar-refractivity contribution in [2.24, 2.45) is 4.99 Å². The highest BCUT2D eigenvalue weighted by molar-refractivity contribution is 14.0. The van der Waals surface area contributed by atoms with E-state index in [1.165, 1.54) is 57.2 Å². The number of hydrogen-bond acceptors (Lipinski definition) is 3. The summed E-state index contributed by atoms with van der Waals surface area (Å²) in [5.41, 5.74) is 1.21. The molecule has 0 aromatic heterocycles. The van der Waals surface area contributed by atoms with Crippen molar-refractivity contribution in [3.63, 3.8) is 0 Å². The zero-order chi connectivity index (χ0) is 20.8. The molecule has 2 N–H and O–H groups in total.